The highest BCUT2D eigenvalue weighted by Gasteiger charge is 2.03. The Balaban J connectivity index is 2.40. The van der Waals surface area contributed by atoms with Gasteiger partial charge in [0, 0.05) is 21.7 Å². The molecule has 0 saturated carbocycles. The number of aliphatic hydroxyl groups is 1. The quantitative estimate of drug-likeness (QED) is 0.818. The van der Waals surface area contributed by atoms with Crippen LogP contribution in [-0.2, 0) is 10.8 Å². The molecular formula is C11H15BrO2S. The molecule has 1 N–H and O–H groups in total. The van der Waals surface area contributed by atoms with E-state index < -0.39 is 10.8 Å². The van der Waals surface area contributed by atoms with Crippen molar-refractivity contribution in [3.8, 4) is 0 Å². The maximum atomic E-state index is 11.8. The van der Waals surface area contributed by atoms with Crippen LogP contribution in [0.1, 0.15) is 19.3 Å². The number of rotatable bonds is 6. The molecule has 0 aliphatic carbocycles. The van der Waals surface area contributed by atoms with E-state index in [-0.39, 0.29) is 6.61 Å². The Bertz CT molecular complexity index is 328. The second kappa shape index (κ2) is 7.14. The summed E-state index contributed by atoms with van der Waals surface area (Å²) < 4.78 is 12.7. The summed E-state index contributed by atoms with van der Waals surface area (Å²) in [4.78, 5) is 0.869. The number of hydrogen-bond donors (Lipinski definition) is 1. The molecule has 84 valence electrons. The van der Waals surface area contributed by atoms with Gasteiger partial charge in [0.2, 0.25) is 0 Å². The number of unbranched alkanes of at least 4 members (excludes halogenated alkanes) is 2. The second-order valence-corrected chi connectivity index (χ2v) is 5.78. The van der Waals surface area contributed by atoms with E-state index in [1.54, 1.807) is 0 Å². The van der Waals surface area contributed by atoms with Gasteiger partial charge in [-0.2, -0.15) is 0 Å². The van der Waals surface area contributed by atoms with Gasteiger partial charge < -0.3 is 5.11 Å². The molecule has 1 atom stereocenters. The minimum atomic E-state index is -0.909. The third kappa shape index (κ3) is 4.91. The molecule has 0 aliphatic rings. The van der Waals surface area contributed by atoms with Gasteiger partial charge in [0.1, 0.15) is 0 Å². The number of aliphatic hydroxyl groups excluding tert-OH is 1. The van der Waals surface area contributed by atoms with Gasteiger partial charge in [-0.3, -0.25) is 4.21 Å². The van der Waals surface area contributed by atoms with Gasteiger partial charge in [0.15, 0.2) is 0 Å². The molecule has 0 amide bonds. The van der Waals surface area contributed by atoms with Crippen LogP contribution in [0.3, 0.4) is 0 Å². The second-order valence-electron chi connectivity index (χ2n) is 3.29. The van der Waals surface area contributed by atoms with E-state index in [2.05, 4.69) is 15.9 Å². The van der Waals surface area contributed by atoms with Gasteiger partial charge in [0.25, 0.3) is 0 Å². The van der Waals surface area contributed by atoms with Crippen molar-refractivity contribution in [2.75, 3.05) is 12.4 Å². The Labute approximate surface area is 101 Å². The molecule has 0 bridgehead atoms. The standard InChI is InChI=1S/C11H15BrO2S/c12-10-5-4-6-11(9-10)15(14)8-3-1-2-7-13/h4-6,9,13H,1-3,7-8H2. The normalized spacial score (nSPS) is 12.7. The van der Waals surface area contributed by atoms with Crippen LogP contribution in [0.25, 0.3) is 0 Å². The Kier molecular flexibility index (Phi) is 6.13. The summed E-state index contributed by atoms with van der Waals surface area (Å²) in [5, 5.41) is 8.60. The highest BCUT2D eigenvalue weighted by Crippen LogP contribution is 2.15. The zero-order valence-corrected chi connectivity index (χ0v) is 10.9. The average molecular weight is 291 g/mol. The number of benzene rings is 1. The summed E-state index contributed by atoms with van der Waals surface area (Å²) in [6, 6.07) is 7.59. The maximum absolute atomic E-state index is 11.8. The van der Waals surface area contributed by atoms with Crippen LogP contribution >= 0.6 is 15.9 Å². The van der Waals surface area contributed by atoms with Crippen LogP contribution in [0.5, 0.6) is 0 Å². The number of halogens is 1. The Morgan fingerprint density at radius 1 is 1.27 bits per heavy atom. The highest BCUT2D eigenvalue weighted by molar-refractivity contribution is 9.10. The van der Waals surface area contributed by atoms with Crippen molar-refractivity contribution in [3.63, 3.8) is 0 Å². The molecule has 15 heavy (non-hydrogen) atoms. The van der Waals surface area contributed by atoms with Crippen molar-refractivity contribution in [1.82, 2.24) is 0 Å². The van der Waals surface area contributed by atoms with Gasteiger partial charge in [-0.05, 0) is 31.0 Å². The molecule has 0 saturated heterocycles. The molecule has 1 aromatic carbocycles. The first-order chi connectivity index (χ1) is 7.24. The first kappa shape index (κ1) is 12.9. The summed E-state index contributed by atoms with van der Waals surface area (Å²) in [5.41, 5.74) is 0. The molecule has 4 heteroatoms. The Hall–Kier alpha value is -0.190. The highest BCUT2D eigenvalue weighted by atomic mass is 79.9. The smallest absolute Gasteiger partial charge is 0.0529 e. The molecule has 2 nitrogen and oxygen atoms in total. The van der Waals surface area contributed by atoms with Gasteiger partial charge in [-0.25, -0.2) is 0 Å². The minimum Gasteiger partial charge on any atom is -0.396 e. The van der Waals surface area contributed by atoms with E-state index in [0.717, 1.165) is 28.6 Å². The Morgan fingerprint density at radius 3 is 2.73 bits per heavy atom. The first-order valence-corrected chi connectivity index (χ1v) is 7.10. The lowest BCUT2D eigenvalue weighted by Crippen LogP contribution is -1.98. The molecule has 0 heterocycles. The summed E-state index contributed by atoms with van der Waals surface area (Å²) in [6.45, 7) is 0.226. The minimum absolute atomic E-state index is 0.226. The van der Waals surface area contributed by atoms with E-state index in [9.17, 15) is 4.21 Å². The van der Waals surface area contributed by atoms with Crippen LogP contribution in [0.2, 0.25) is 0 Å². The lowest BCUT2D eigenvalue weighted by Gasteiger charge is -2.02. The van der Waals surface area contributed by atoms with Crippen molar-refractivity contribution in [2.24, 2.45) is 0 Å². The molecule has 1 aromatic rings. The zero-order valence-electron chi connectivity index (χ0n) is 8.49. The lowest BCUT2D eigenvalue weighted by molar-refractivity contribution is 0.284. The summed E-state index contributed by atoms with van der Waals surface area (Å²) in [5.74, 6) is 0.677. The molecule has 0 fully saturated rings. The predicted molar refractivity (Wildman–Crippen MR) is 66.4 cm³/mol. The van der Waals surface area contributed by atoms with Crippen LogP contribution in [0.4, 0.5) is 0 Å². The molecule has 0 radical (unpaired) electrons. The van der Waals surface area contributed by atoms with Crippen LogP contribution in [-0.4, -0.2) is 21.7 Å². The lowest BCUT2D eigenvalue weighted by atomic mass is 10.3. The summed E-state index contributed by atoms with van der Waals surface area (Å²) >= 11 is 3.36. The van der Waals surface area contributed by atoms with Crippen LogP contribution < -0.4 is 0 Å². The molecule has 0 aliphatic heterocycles. The SMILES string of the molecule is O=S(CCCCCO)c1cccc(Br)c1. The van der Waals surface area contributed by atoms with E-state index in [1.165, 1.54) is 0 Å². The average Bonchev–Trinajstić information content (AvgIpc) is 2.24. The molecule has 0 aromatic heterocycles. The summed E-state index contributed by atoms with van der Waals surface area (Å²) in [6.07, 6.45) is 2.64. The topological polar surface area (TPSA) is 37.3 Å². The van der Waals surface area contributed by atoms with Gasteiger partial charge in [0.05, 0.1) is 10.8 Å². The van der Waals surface area contributed by atoms with Crippen molar-refractivity contribution in [1.29, 1.82) is 0 Å². The van der Waals surface area contributed by atoms with Gasteiger partial charge in [-0.1, -0.05) is 28.4 Å². The van der Waals surface area contributed by atoms with E-state index >= 15 is 0 Å². The van der Waals surface area contributed by atoms with E-state index in [1.807, 2.05) is 24.3 Å². The fourth-order valence-electron chi connectivity index (χ4n) is 1.25. The molecular weight excluding hydrogens is 276 g/mol. The molecule has 1 rings (SSSR count). The first-order valence-electron chi connectivity index (χ1n) is 4.99. The molecule has 1 unspecified atom stereocenters. The van der Waals surface area contributed by atoms with Crippen molar-refractivity contribution in [3.05, 3.63) is 28.7 Å². The third-order valence-electron chi connectivity index (χ3n) is 2.05. The number of hydrogen-bond acceptors (Lipinski definition) is 2. The fraction of sp³-hybridized carbons (Fsp3) is 0.455. The zero-order chi connectivity index (χ0) is 11.1. The van der Waals surface area contributed by atoms with E-state index in [0.29, 0.717) is 5.75 Å². The van der Waals surface area contributed by atoms with Crippen molar-refractivity contribution in [2.45, 2.75) is 24.2 Å². The van der Waals surface area contributed by atoms with Crippen molar-refractivity contribution < 1.29 is 9.32 Å². The maximum Gasteiger partial charge on any atom is 0.0529 e. The largest absolute Gasteiger partial charge is 0.396 e. The third-order valence-corrected chi connectivity index (χ3v) is 3.98. The van der Waals surface area contributed by atoms with Gasteiger partial charge in [-0.15, -0.1) is 0 Å². The summed E-state index contributed by atoms with van der Waals surface area (Å²) in [7, 11) is -0.909. The van der Waals surface area contributed by atoms with Crippen LogP contribution in [0.15, 0.2) is 33.6 Å². The Morgan fingerprint density at radius 2 is 2.07 bits per heavy atom. The molecule has 0 spiro atoms. The fourth-order valence-corrected chi connectivity index (χ4v) is 2.99. The monoisotopic (exact) mass is 290 g/mol. The van der Waals surface area contributed by atoms with Crippen LogP contribution in [0, 0.1) is 0 Å². The van der Waals surface area contributed by atoms with E-state index in [4.69, 9.17) is 5.11 Å². The van der Waals surface area contributed by atoms with Crippen molar-refractivity contribution >= 4 is 26.7 Å². The predicted octanol–water partition coefficient (Wildman–Crippen LogP) is 2.72. The van der Waals surface area contributed by atoms with Gasteiger partial charge >= 0.3 is 0 Å².